The summed E-state index contributed by atoms with van der Waals surface area (Å²) in [5.41, 5.74) is 2.51. The number of benzene rings is 1. The van der Waals surface area contributed by atoms with Gasteiger partial charge in [0.25, 0.3) is 0 Å². The van der Waals surface area contributed by atoms with Crippen molar-refractivity contribution in [2.24, 2.45) is 0 Å². The average Bonchev–Trinajstić information content (AvgIpc) is 2.86. The fourth-order valence-corrected chi connectivity index (χ4v) is 4.30. The lowest BCUT2D eigenvalue weighted by atomic mass is 10.1. The molecule has 1 saturated heterocycles. The lowest BCUT2D eigenvalue weighted by molar-refractivity contribution is 0.427. The van der Waals surface area contributed by atoms with Crippen molar-refractivity contribution in [1.29, 1.82) is 0 Å². The Kier molecular flexibility index (Phi) is 3.60. The second-order valence-corrected chi connectivity index (χ2v) is 7.14. The minimum atomic E-state index is -3.36. The average molecular weight is 280 g/mol. The van der Waals surface area contributed by atoms with Gasteiger partial charge < -0.3 is 5.32 Å². The van der Waals surface area contributed by atoms with Crippen molar-refractivity contribution in [3.05, 3.63) is 29.3 Å². The zero-order valence-corrected chi connectivity index (χ0v) is 11.8. The third-order valence-corrected chi connectivity index (χ3v) is 5.56. The predicted molar refractivity (Wildman–Crippen MR) is 74.7 cm³/mol. The molecule has 0 saturated carbocycles. The summed E-state index contributed by atoms with van der Waals surface area (Å²) in [4.78, 5) is 0.423. The summed E-state index contributed by atoms with van der Waals surface area (Å²) < 4.78 is 27.6. The second-order valence-electron chi connectivity index (χ2n) is 5.43. The van der Waals surface area contributed by atoms with Gasteiger partial charge in [-0.05, 0) is 68.5 Å². The molecule has 4 nitrogen and oxygen atoms in total. The van der Waals surface area contributed by atoms with E-state index in [0.717, 1.165) is 45.2 Å². The molecule has 1 fully saturated rings. The number of hydrogen-bond donors (Lipinski definition) is 2. The molecule has 1 aliphatic heterocycles. The first-order valence-electron chi connectivity index (χ1n) is 7.00. The highest BCUT2D eigenvalue weighted by Gasteiger charge is 2.23. The van der Waals surface area contributed by atoms with Crippen LogP contribution in [0.15, 0.2) is 23.1 Å². The Labute approximate surface area is 114 Å². The lowest BCUT2D eigenvalue weighted by Crippen LogP contribution is -2.42. The van der Waals surface area contributed by atoms with E-state index in [0.29, 0.717) is 4.90 Å². The summed E-state index contributed by atoms with van der Waals surface area (Å²) >= 11 is 0. The van der Waals surface area contributed by atoms with E-state index in [9.17, 15) is 8.42 Å². The van der Waals surface area contributed by atoms with Crippen LogP contribution in [0.3, 0.4) is 0 Å². The fraction of sp³-hybridized carbons (Fsp3) is 0.571. The van der Waals surface area contributed by atoms with Crippen LogP contribution in [0.4, 0.5) is 0 Å². The highest BCUT2D eigenvalue weighted by Crippen LogP contribution is 2.25. The van der Waals surface area contributed by atoms with Crippen molar-refractivity contribution in [3.63, 3.8) is 0 Å². The van der Waals surface area contributed by atoms with Crippen LogP contribution < -0.4 is 10.0 Å². The van der Waals surface area contributed by atoms with Crippen LogP contribution in [-0.2, 0) is 22.9 Å². The maximum Gasteiger partial charge on any atom is 0.240 e. The Bertz CT molecular complexity index is 563. The predicted octanol–water partition coefficient (Wildman–Crippen LogP) is 1.21. The molecule has 0 atom stereocenters. The zero-order chi connectivity index (χ0) is 13.3. The molecule has 2 N–H and O–H groups in total. The summed E-state index contributed by atoms with van der Waals surface area (Å²) in [7, 11) is -3.36. The summed E-state index contributed by atoms with van der Waals surface area (Å²) in [5.74, 6) is 0. The molecule has 1 aromatic carbocycles. The molecule has 0 spiro atoms. The zero-order valence-electron chi connectivity index (χ0n) is 11.0. The Hall–Kier alpha value is -0.910. The molecule has 0 unspecified atom stereocenters. The summed E-state index contributed by atoms with van der Waals surface area (Å²) in [6.07, 6.45) is 4.96. The molecule has 19 heavy (non-hydrogen) atoms. The van der Waals surface area contributed by atoms with Crippen LogP contribution in [0.5, 0.6) is 0 Å². The van der Waals surface area contributed by atoms with E-state index in [2.05, 4.69) is 10.0 Å². The quantitative estimate of drug-likeness (QED) is 0.875. The Morgan fingerprint density at radius 3 is 2.63 bits per heavy atom. The Morgan fingerprint density at radius 1 is 1.11 bits per heavy atom. The number of piperidine rings is 1. The first kappa shape index (κ1) is 13.1. The van der Waals surface area contributed by atoms with E-state index in [4.69, 9.17) is 0 Å². The highest BCUT2D eigenvalue weighted by atomic mass is 32.2. The molecule has 5 heteroatoms. The SMILES string of the molecule is O=S(=O)(NC1CCNCC1)c1ccc2c(c1)CCC2. The Morgan fingerprint density at radius 2 is 1.84 bits per heavy atom. The smallest absolute Gasteiger partial charge is 0.240 e. The second kappa shape index (κ2) is 5.23. The number of hydrogen-bond acceptors (Lipinski definition) is 3. The van der Waals surface area contributed by atoms with Crippen LogP contribution in [-0.4, -0.2) is 27.5 Å². The van der Waals surface area contributed by atoms with E-state index in [-0.39, 0.29) is 6.04 Å². The van der Waals surface area contributed by atoms with Gasteiger partial charge in [0.05, 0.1) is 4.90 Å². The van der Waals surface area contributed by atoms with Crippen LogP contribution in [0.25, 0.3) is 0 Å². The molecule has 1 aliphatic carbocycles. The van der Waals surface area contributed by atoms with Crippen LogP contribution >= 0.6 is 0 Å². The van der Waals surface area contributed by atoms with Crippen molar-refractivity contribution in [2.75, 3.05) is 13.1 Å². The van der Waals surface area contributed by atoms with Gasteiger partial charge in [0.2, 0.25) is 10.0 Å². The minimum Gasteiger partial charge on any atom is -0.317 e. The van der Waals surface area contributed by atoms with E-state index < -0.39 is 10.0 Å². The molecular weight excluding hydrogens is 260 g/mol. The first-order valence-corrected chi connectivity index (χ1v) is 8.48. The van der Waals surface area contributed by atoms with Gasteiger partial charge in [0, 0.05) is 6.04 Å². The van der Waals surface area contributed by atoms with Crippen molar-refractivity contribution in [1.82, 2.24) is 10.0 Å². The minimum absolute atomic E-state index is 0.0690. The molecule has 1 heterocycles. The van der Waals surface area contributed by atoms with Gasteiger partial charge in [-0.2, -0.15) is 0 Å². The van der Waals surface area contributed by atoms with Crippen molar-refractivity contribution in [2.45, 2.75) is 43.0 Å². The summed E-state index contributed by atoms with van der Waals surface area (Å²) in [6, 6.07) is 5.64. The number of sulfonamides is 1. The summed E-state index contributed by atoms with van der Waals surface area (Å²) in [5, 5.41) is 3.24. The third kappa shape index (κ3) is 2.83. The standard InChI is InChI=1S/C14H20N2O2S/c17-19(18,16-13-6-8-15-9-7-13)14-5-4-11-2-1-3-12(11)10-14/h4-5,10,13,15-16H,1-3,6-9H2. The third-order valence-electron chi connectivity index (χ3n) is 4.04. The van der Waals surface area contributed by atoms with E-state index in [1.165, 1.54) is 11.1 Å². The van der Waals surface area contributed by atoms with Gasteiger partial charge in [-0.3, -0.25) is 0 Å². The molecule has 1 aromatic rings. The molecule has 104 valence electrons. The van der Waals surface area contributed by atoms with Gasteiger partial charge in [-0.25, -0.2) is 13.1 Å². The normalized spacial score (nSPS) is 20.4. The fourth-order valence-electron chi connectivity index (χ4n) is 2.94. The first-order chi connectivity index (χ1) is 9.15. The van der Waals surface area contributed by atoms with Crippen molar-refractivity contribution < 1.29 is 8.42 Å². The highest BCUT2D eigenvalue weighted by molar-refractivity contribution is 7.89. The number of fused-ring (bicyclic) bond motifs is 1. The van der Waals surface area contributed by atoms with Gasteiger partial charge in [0.1, 0.15) is 0 Å². The molecule has 0 aromatic heterocycles. The number of nitrogens with one attached hydrogen (secondary N) is 2. The van der Waals surface area contributed by atoms with Crippen LogP contribution in [0.1, 0.15) is 30.4 Å². The molecule has 0 radical (unpaired) electrons. The van der Waals surface area contributed by atoms with Crippen LogP contribution in [0, 0.1) is 0 Å². The van der Waals surface area contributed by atoms with E-state index >= 15 is 0 Å². The van der Waals surface area contributed by atoms with Crippen molar-refractivity contribution in [3.8, 4) is 0 Å². The Balaban J connectivity index is 1.79. The molecular formula is C14H20N2O2S. The monoisotopic (exact) mass is 280 g/mol. The maximum absolute atomic E-state index is 12.4. The molecule has 3 rings (SSSR count). The number of rotatable bonds is 3. The van der Waals surface area contributed by atoms with Crippen molar-refractivity contribution >= 4 is 10.0 Å². The van der Waals surface area contributed by atoms with Gasteiger partial charge in [-0.15, -0.1) is 0 Å². The largest absolute Gasteiger partial charge is 0.317 e. The molecule has 2 aliphatic rings. The molecule has 0 bridgehead atoms. The van der Waals surface area contributed by atoms with Gasteiger partial charge in [-0.1, -0.05) is 6.07 Å². The summed E-state index contributed by atoms with van der Waals surface area (Å²) in [6.45, 7) is 1.77. The van der Waals surface area contributed by atoms with E-state index in [1.807, 2.05) is 12.1 Å². The van der Waals surface area contributed by atoms with Crippen LogP contribution in [0.2, 0.25) is 0 Å². The molecule has 0 amide bonds. The lowest BCUT2D eigenvalue weighted by Gasteiger charge is -2.23. The van der Waals surface area contributed by atoms with Gasteiger partial charge >= 0.3 is 0 Å². The maximum atomic E-state index is 12.4. The van der Waals surface area contributed by atoms with E-state index in [1.54, 1.807) is 6.07 Å². The number of aryl methyl sites for hydroxylation is 2. The topological polar surface area (TPSA) is 58.2 Å². The van der Waals surface area contributed by atoms with Gasteiger partial charge in [0.15, 0.2) is 0 Å².